The van der Waals surface area contributed by atoms with Crippen LogP contribution in [0.2, 0.25) is 0 Å². The Hall–Kier alpha value is -1.62. The summed E-state index contributed by atoms with van der Waals surface area (Å²) in [6, 6.07) is 4.64. The van der Waals surface area contributed by atoms with Crippen molar-refractivity contribution >= 4 is 5.91 Å². The van der Waals surface area contributed by atoms with E-state index >= 15 is 0 Å². The Balaban J connectivity index is 1.94. The third-order valence-corrected chi connectivity index (χ3v) is 4.84. The van der Waals surface area contributed by atoms with Gasteiger partial charge in [-0.2, -0.15) is 0 Å². The number of benzene rings is 1. The molecule has 1 unspecified atom stereocenters. The van der Waals surface area contributed by atoms with Crippen LogP contribution in [-0.4, -0.2) is 41.7 Å². The first-order chi connectivity index (χ1) is 10.7. The van der Waals surface area contributed by atoms with Crippen LogP contribution in [0.1, 0.15) is 39.2 Å². The molecule has 1 fully saturated rings. The van der Waals surface area contributed by atoms with Crippen LogP contribution in [0.4, 0.5) is 4.39 Å². The Morgan fingerprint density at radius 1 is 1.43 bits per heavy atom. The zero-order chi connectivity index (χ0) is 17.3. The Morgan fingerprint density at radius 2 is 2.13 bits per heavy atom. The highest BCUT2D eigenvalue weighted by molar-refractivity contribution is 5.77. The van der Waals surface area contributed by atoms with Crippen molar-refractivity contribution in [3.05, 3.63) is 29.6 Å². The summed E-state index contributed by atoms with van der Waals surface area (Å²) in [5.41, 5.74) is -0.226. The van der Waals surface area contributed by atoms with Crippen LogP contribution in [0.25, 0.3) is 0 Å². The molecule has 128 valence electrons. The fourth-order valence-electron chi connectivity index (χ4n) is 2.89. The summed E-state index contributed by atoms with van der Waals surface area (Å²) in [5, 5.41) is 10.7. The average Bonchev–Trinajstić information content (AvgIpc) is 2.90. The molecule has 1 aliphatic heterocycles. The van der Waals surface area contributed by atoms with Gasteiger partial charge in [-0.3, -0.25) is 4.79 Å². The number of ether oxygens (including phenoxy) is 1. The number of aryl methyl sites for hydroxylation is 1. The van der Waals surface area contributed by atoms with Gasteiger partial charge in [0, 0.05) is 19.5 Å². The molecule has 1 aliphatic rings. The van der Waals surface area contributed by atoms with Crippen LogP contribution in [0.15, 0.2) is 18.2 Å². The maximum absolute atomic E-state index is 13.4. The molecule has 1 heterocycles. The summed E-state index contributed by atoms with van der Waals surface area (Å²) < 4.78 is 18.3. The summed E-state index contributed by atoms with van der Waals surface area (Å²) in [6.07, 6.45) is 1.47. The van der Waals surface area contributed by atoms with Gasteiger partial charge in [0.15, 0.2) is 11.6 Å². The molecule has 0 aromatic heterocycles. The molecule has 2 rings (SSSR count). The van der Waals surface area contributed by atoms with Gasteiger partial charge in [-0.05, 0) is 36.0 Å². The van der Waals surface area contributed by atoms with E-state index in [4.69, 9.17) is 4.74 Å². The van der Waals surface area contributed by atoms with E-state index in [2.05, 4.69) is 0 Å². The molecule has 4 nitrogen and oxygen atoms in total. The van der Waals surface area contributed by atoms with E-state index in [9.17, 15) is 14.3 Å². The maximum atomic E-state index is 13.4. The van der Waals surface area contributed by atoms with E-state index in [-0.39, 0.29) is 17.1 Å². The third-order valence-electron chi connectivity index (χ3n) is 4.84. The van der Waals surface area contributed by atoms with Crippen LogP contribution in [-0.2, 0) is 11.2 Å². The summed E-state index contributed by atoms with van der Waals surface area (Å²) in [7, 11) is 1.42. The van der Waals surface area contributed by atoms with Crippen molar-refractivity contribution in [1.29, 1.82) is 0 Å². The van der Waals surface area contributed by atoms with Crippen molar-refractivity contribution in [2.24, 2.45) is 5.41 Å². The molecule has 0 saturated carbocycles. The number of carbonyl (C=O) groups excluding carboxylic acids is 1. The van der Waals surface area contributed by atoms with E-state index in [1.165, 1.54) is 13.2 Å². The molecule has 5 heteroatoms. The fourth-order valence-corrected chi connectivity index (χ4v) is 2.89. The Morgan fingerprint density at radius 3 is 2.70 bits per heavy atom. The molecular formula is C18H26FNO3. The molecule has 0 aliphatic carbocycles. The number of β-amino-alcohol motifs (C(OH)–C–C–N with tert-alkyl or cyclic N) is 1. The molecule has 1 aromatic carbocycles. The number of likely N-dealkylation sites (tertiary alicyclic amines) is 1. The van der Waals surface area contributed by atoms with Crippen LogP contribution in [0.5, 0.6) is 5.75 Å². The first-order valence-electron chi connectivity index (χ1n) is 7.99. The first-order valence-corrected chi connectivity index (χ1v) is 7.99. The second kappa shape index (κ2) is 6.48. The molecule has 1 aromatic rings. The Kier molecular flexibility index (Phi) is 4.99. The third kappa shape index (κ3) is 3.83. The lowest BCUT2D eigenvalue weighted by Crippen LogP contribution is -2.46. The second-order valence-electron chi connectivity index (χ2n) is 7.32. The zero-order valence-corrected chi connectivity index (χ0v) is 14.4. The van der Waals surface area contributed by atoms with Gasteiger partial charge >= 0.3 is 0 Å². The lowest BCUT2D eigenvalue weighted by Gasteiger charge is -2.36. The van der Waals surface area contributed by atoms with Crippen molar-refractivity contribution in [3.63, 3.8) is 0 Å². The fraction of sp³-hybridized carbons (Fsp3) is 0.611. The van der Waals surface area contributed by atoms with Crippen molar-refractivity contribution in [2.75, 3.05) is 20.2 Å². The average molecular weight is 323 g/mol. The monoisotopic (exact) mass is 323 g/mol. The number of hydrogen-bond donors (Lipinski definition) is 1. The minimum absolute atomic E-state index is 0.0217. The van der Waals surface area contributed by atoms with Crippen LogP contribution in [0.3, 0.4) is 0 Å². The normalized spacial score (nSPS) is 21.6. The topological polar surface area (TPSA) is 49.8 Å². The summed E-state index contributed by atoms with van der Waals surface area (Å²) in [5.74, 6) is -0.191. The predicted molar refractivity (Wildman–Crippen MR) is 86.9 cm³/mol. The molecule has 1 atom stereocenters. The van der Waals surface area contributed by atoms with Gasteiger partial charge in [0.1, 0.15) is 0 Å². The summed E-state index contributed by atoms with van der Waals surface area (Å²) in [6.45, 7) is 6.94. The number of rotatable bonds is 4. The molecule has 1 saturated heterocycles. The lowest BCUT2D eigenvalue weighted by atomic mass is 9.76. The van der Waals surface area contributed by atoms with Gasteiger partial charge in [-0.25, -0.2) is 4.39 Å². The van der Waals surface area contributed by atoms with Gasteiger partial charge in [0.25, 0.3) is 0 Å². The number of nitrogens with zero attached hydrogens (tertiary/aromatic N) is 1. The minimum Gasteiger partial charge on any atom is -0.494 e. The van der Waals surface area contributed by atoms with Gasteiger partial charge in [0.05, 0.1) is 12.7 Å². The van der Waals surface area contributed by atoms with Crippen LogP contribution < -0.4 is 4.74 Å². The number of aliphatic hydroxyl groups is 1. The lowest BCUT2D eigenvalue weighted by molar-refractivity contribution is -0.132. The van der Waals surface area contributed by atoms with Crippen molar-refractivity contribution < 1.29 is 19.0 Å². The zero-order valence-electron chi connectivity index (χ0n) is 14.4. The molecule has 23 heavy (non-hydrogen) atoms. The SMILES string of the molecule is COc1cc(CCC(=O)N2CCC(O)(C(C)(C)C)C2)ccc1F. The van der Waals surface area contributed by atoms with Gasteiger partial charge < -0.3 is 14.7 Å². The van der Waals surface area contributed by atoms with E-state index in [0.29, 0.717) is 32.4 Å². The molecular weight excluding hydrogens is 297 g/mol. The summed E-state index contributed by atoms with van der Waals surface area (Å²) >= 11 is 0. The van der Waals surface area contributed by atoms with E-state index in [1.54, 1.807) is 17.0 Å². The van der Waals surface area contributed by atoms with Gasteiger partial charge in [0.2, 0.25) is 5.91 Å². The van der Waals surface area contributed by atoms with E-state index in [0.717, 1.165) is 5.56 Å². The smallest absolute Gasteiger partial charge is 0.223 e. The molecule has 0 bridgehead atoms. The summed E-state index contributed by atoms with van der Waals surface area (Å²) in [4.78, 5) is 14.1. The number of methoxy groups -OCH3 is 1. The van der Waals surface area contributed by atoms with Crippen molar-refractivity contribution in [1.82, 2.24) is 4.90 Å². The van der Waals surface area contributed by atoms with E-state index < -0.39 is 11.4 Å². The van der Waals surface area contributed by atoms with Crippen LogP contribution in [0, 0.1) is 11.2 Å². The largest absolute Gasteiger partial charge is 0.494 e. The second-order valence-corrected chi connectivity index (χ2v) is 7.32. The van der Waals surface area contributed by atoms with Crippen molar-refractivity contribution in [2.45, 2.75) is 45.6 Å². The Labute approximate surface area is 137 Å². The standard InChI is InChI=1S/C18H26FNO3/c1-17(2,3)18(22)9-10-20(12-18)16(21)8-6-13-5-7-14(19)15(11-13)23-4/h5,7,11,22H,6,8-10,12H2,1-4H3. The number of halogens is 1. The highest BCUT2D eigenvalue weighted by atomic mass is 19.1. The highest BCUT2D eigenvalue weighted by Gasteiger charge is 2.46. The minimum atomic E-state index is -0.832. The van der Waals surface area contributed by atoms with Gasteiger partial charge in [-0.15, -0.1) is 0 Å². The molecule has 0 radical (unpaired) electrons. The first kappa shape index (κ1) is 17.7. The van der Waals surface area contributed by atoms with Gasteiger partial charge in [-0.1, -0.05) is 26.8 Å². The quantitative estimate of drug-likeness (QED) is 0.927. The highest BCUT2D eigenvalue weighted by Crippen LogP contribution is 2.38. The molecule has 1 N–H and O–H groups in total. The predicted octanol–water partition coefficient (Wildman–Crippen LogP) is 2.78. The van der Waals surface area contributed by atoms with Crippen LogP contribution >= 0.6 is 0 Å². The number of amides is 1. The Bertz CT molecular complexity index is 582. The number of hydrogen-bond acceptors (Lipinski definition) is 3. The molecule has 1 amide bonds. The van der Waals surface area contributed by atoms with Crippen molar-refractivity contribution in [3.8, 4) is 5.75 Å². The van der Waals surface area contributed by atoms with E-state index in [1.807, 2.05) is 20.8 Å². The maximum Gasteiger partial charge on any atom is 0.223 e. The molecule has 0 spiro atoms. The number of carbonyl (C=O) groups is 1.